The van der Waals surface area contributed by atoms with Gasteiger partial charge in [0.2, 0.25) is 23.6 Å². The van der Waals surface area contributed by atoms with Crippen LogP contribution in [-0.4, -0.2) is 39.5 Å². The van der Waals surface area contributed by atoms with Gasteiger partial charge in [0, 0.05) is 55.9 Å². The average molecular weight is 867 g/mol. The first-order valence-electron chi connectivity index (χ1n) is 23.2. The van der Waals surface area contributed by atoms with Crippen LogP contribution in [0.4, 0.5) is 11.4 Å². The van der Waals surface area contributed by atoms with E-state index in [9.17, 15) is 0 Å². The molecule has 296 valence electrons. The Labute approximate surface area is 381 Å². The summed E-state index contributed by atoms with van der Waals surface area (Å²) in [7, 11) is -5.94. The van der Waals surface area contributed by atoms with Crippen LogP contribution in [0.15, 0.2) is 183 Å². The highest BCUT2D eigenvalue weighted by atomic mass is 28.3. The summed E-state index contributed by atoms with van der Waals surface area (Å²) >= 11 is 0. The van der Waals surface area contributed by atoms with E-state index in [1.54, 1.807) is 0 Å². The largest absolute Gasteiger partial charge is 0.409 e. The number of benzene rings is 6. The van der Waals surface area contributed by atoms with Crippen LogP contribution in [-0.2, 0) is 0 Å². The number of nitrogens with zero attached hydrogens (tertiary/aromatic N) is 5. The summed E-state index contributed by atoms with van der Waals surface area (Å²) in [5.41, 5.74) is 21.3. The van der Waals surface area contributed by atoms with Gasteiger partial charge in [-0.2, -0.15) is 0 Å². The van der Waals surface area contributed by atoms with Crippen molar-refractivity contribution in [2.24, 2.45) is 0 Å². The number of ether oxygens (including phenoxy) is 1. The molecule has 13 heterocycles. The van der Waals surface area contributed by atoms with Crippen molar-refractivity contribution in [3.05, 3.63) is 183 Å². The molecule has 19 rings (SSSR count). The van der Waals surface area contributed by atoms with Crippen LogP contribution in [0.1, 0.15) is 0 Å². The van der Waals surface area contributed by atoms with Crippen LogP contribution < -0.4 is 93.3 Å². The first kappa shape index (κ1) is 32.8. The molecule has 6 aromatic carbocycles. The quantitative estimate of drug-likeness (QED) is 0.120. The summed E-state index contributed by atoms with van der Waals surface area (Å²) < 4.78 is 12.9. The number of hydrogen-bond acceptors (Lipinski definition) is 3. The Kier molecular flexibility index (Phi) is 5.07. The Morgan fingerprint density at radius 3 is 1.15 bits per heavy atom. The zero-order valence-electron chi connectivity index (χ0n) is 35.1. The normalized spacial score (nSPS) is 17.2. The Bertz CT molecular complexity index is 3820. The zero-order chi connectivity index (χ0) is 42.2. The summed E-state index contributed by atoms with van der Waals surface area (Å²) in [6, 6.07) is 60.9. The third kappa shape index (κ3) is 2.93. The molecule has 4 aromatic heterocycles. The Morgan fingerprint density at radius 1 is 0.364 bits per heavy atom. The Hall–Kier alpha value is -7.76. The van der Waals surface area contributed by atoms with E-state index in [-0.39, 0.29) is 18.1 Å². The number of aromatic nitrogens is 4. The lowest BCUT2D eigenvalue weighted by molar-refractivity contribution is -1.03. The van der Waals surface area contributed by atoms with Crippen molar-refractivity contribution in [1.82, 2.24) is 14.7 Å². The molecule has 0 aliphatic carbocycles. The summed E-state index contributed by atoms with van der Waals surface area (Å²) in [5.74, 6) is 1.29. The number of pyridine rings is 4. The van der Waals surface area contributed by atoms with E-state index in [4.69, 9.17) is 14.7 Å². The molecule has 0 bridgehead atoms. The van der Waals surface area contributed by atoms with E-state index < -0.39 is 16.1 Å². The highest BCUT2D eigenvalue weighted by Gasteiger charge is 2.78. The maximum absolute atomic E-state index is 7.39. The fourth-order valence-corrected chi connectivity index (χ4v) is 27.1. The van der Waals surface area contributed by atoms with Crippen molar-refractivity contribution in [2.45, 2.75) is 0 Å². The monoisotopic (exact) mass is 866 g/mol. The predicted molar refractivity (Wildman–Crippen MR) is 267 cm³/mol. The smallest absolute Gasteiger partial charge is 0.342 e. The van der Waals surface area contributed by atoms with Gasteiger partial charge in [0.1, 0.15) is 0 Å². The highest BCUT2D eigenvalue weighted by Crippen LogP contribution is 2.50. The van der Waals surface area contributed by atoms with Crippen molar-refractivity contribution in [3.8, 4) is 56.3 Å². The molecular weight excluding hydrogens is 836 g/mol. The molecular formula is C56H30B2N5OSi2+3. The molecule has 0 saturated carbocycles. The molecule has 9 aliphatic heterocycles. The standard InChI is InChI=1S/C56H30B2N5OSi2/c1-5-21-39-31(13-1)32-14-2-6-22-40(32)65(39)43-25-9-17-35-37-19-11-27-61-53(37)57(47(35)43)49-45(65)29-59-55-51(49)63(61)52-50-46(30-60-56(52)64-55)66(41-23-7-3-15-33(41)34-16-4-8-24-42(34)66)44-26-10-18-36-38-20-12-28-62(63)54(38)58(50)48(36)44/h1-30H/q+3. The summed E-state index contributed by atoms with van der Waals surface area (Å²) in [6.45, 7) is 0.0126. The molecule has 0 amide bonds. The van der Waals surface area contributed by atoms with Crippen molar-refractivity contribution in [3.63, 3.8) is 0 Å². The first-order valence-corrected chi connectivity index (χ1v) is 27.2. The molecule has 3 spiro atoms. The third-order valence-corrected chi connectivity index (χ3v) is 27.5. The molecule has 10 aromatic rings. The van der Waals surface area contributed by atoms with Crippen LogP contribution in [0.5, 0.6) is 11.8 Å². The average Bonchev–Trinajstić information content (AvgIpc) is 4.09. The van der Waals surface area contributed by atoms with Crippen LogP contribution in [0, 0.1) is 0 Å². The summed E-state index contributed by atoms with van der Waals surface area (Å²) in [5, 5.41) is 11.6. The minimum Gasteiger partial charge on any atom is -0.409 e. The van der Waals surface area contributed by atoms with Gasteiger partial charge in [-0.1, -0.05) is 144 Å². The second-order valence-corrected chi connectivity index (χ2v) is 26.9. The van der Waals surface area contributed by atoms with Crippen molar-refractivity contribution < 1.29 is 14.1 Å². The molecule has 0 saturated heterocycles. The fraction of sp³-hybridized carbons (Fsp3) is 0. The molecule has 6 nitrogen and oxygen atoms in total. The van der Waals surface area contributed by atoms with E-state index in [0.29, 0.717) is 11.8 Å². The van der Waals surface area contributed by atoms with E-state index in [0.717, 1.165) is 11.4 Å². The molecule has 0 unspecified atom stereocenters. The highest BCUT2D eigenvalue weighted by molar-refractivity contribution is 7.30. The van der Waals surface area contributed by atoms with Crippen LogP contribution >= 0.6 is 0 Å². The number of hydrogen-bond donors (Lipinski definition) is 0. The van der Waals surface area contributed by atoms with Gasteiger partial charge in [-0.15, -0.1) is 0 Å². The van der Waals surface area contributed by atoms with Crippen molar-refractivity contribution >= 4 is 115 Å². The lowest BCUT2D eigenvalue weighted by Crippen LogP contribution is -3.02. The number of quaternary nitrogens is 1. The van der Waals surface area contributed by atoms with Crippen LogP contribution in [0.3, 0.4) is 0 Å². The Morgan fingerprint density at radius 2 is 0.727 bits per heavy atom. The van der Waals surface area contributed by atoms with Crippen molar-refractivity contribution in [1.29, 1.82) is 0 Å². The molecule has 9 aliphatic rings. The van der Waals surface area contributed by atoms with E-state index >= 15 is 0 Å². The van der Waals surface area contributed by atoms with Gasteiger partial charge in [-0.3, -0.25) is 0 Å². The molecule has 0 N–H and O–H groups in total. The predicted octanol–water partition coefficient (Wildman–Crippen LogP) is -0.315. The lowest BCUT2D eigenvalue weighted by Gasteiger charge is -2.45. The van der Waals surface area contributed by atoms with E-state index in [1.807, 2.05) is 0 Å². The Balaban J connectivity index is 1.05. The fourth-order valence-electron chi connectivity index (χ4n) is 15.9. The van der Waals surface area contributed by atoms with Gasteiger partial charge in [0.05, 0.1) is 0 Å². The SMILES string of the molecule is c1ccc2c(c1)-c1ccccc1[Si]21c2cccc3c2B2c4c1cnc1c4[N+]4(c5c(ncc6c5B5c7c(cccc7[Si]67c6ccccc6-c6ccccc67)-c6ccc[n+]4c65)O1)[n+]1cccc-3c12. The van der Waals surface area contributed by atoms with Crippen molar-refractivity contribution in [2.75, 3.05) is 0 Å². The van der Waals surface area contributed by atoms with Gasteiger partial charge >= 0.3 is 24.8 Å². The lowest BCUT2D eigenvalue weighted by atomic mass is 9.38. The van der Waals surface area contributed by atoms with E-state index in [2.05, 4.69) is 192 Å². The minimum absolute atomic E-state index is 0.00628. The van der Waals surface area contributed by atoms with E-state index in [1.165, 1.54) is 119 Å². The molecule has 0 radical (unpaired) electrons. The molecule has 0 atom stereocenters. The van der Waals surface area contributed by atoms with Gasteiger partial charge < -0.3 is 4.74 Å². The third-order valence-electron chi connectivity index (χ3n) is 17.6. The van der Waals surface area contributed by atoms with Gasteiger partial charge in [0.15, 0.2) is 20.8 Å². The van der Waals surface area contributed by atoms with Crippen LogP contribution in [0.2, 0.25) is 0 Å². The minimum atomic E-state index is -2.97. The topological polar surface area (TPSA) is 42.8 Å². The van der Waals surface area contributed by atoms with Gasteiger partial charge in [-0.25, -0.2) is 9.97 Å². The van der Waals surface area contributed by atoms with Gasteiger partial charge in [0.25, 0.3) is 11.8 Å². The molecule has 10 heteroatoms. The molecule has 66 heavy (non-hydrogen) atoms. The summed E-state index contributed by atoms with van der Waals surface area (Å²) in [6.07, 6.45) is 9.21. The van der Waals surface area contributed by atoms with Gasteiger partial charge in [-0.05, 0) is 87.0 Å². The first-order chi connectivity index (χ1) is 32.8. The maximum atomic E-state index is 7.39. The summed E-state index contributed by atoms with van der Waals surface area (Å²) in [4.78, 5) is 11.2. The molecule has 0 fully saturated rings. The second-order valence-electron chi connectivity index (χ2n) is 19.6. The zero-order valence-corrected chi connectivity index (χ0v) is 37.1. The number of rotatable bonds is 0. The second kappa shape index (κ2) is 10.2. The number of fused-ring (bicyclic) bond motifs is 16. The maximum Gasteiger partial charge on any atom is 0.342 e. The van der Waals surface area contributed by atoms with Crippen LogP contribution in [0.25, 0.3) is 44.5 Å².